The molecule has 0 saturated carbocycles. The number of hydrogen-bond acceptors (Lipinski definition) is 4. The molecule has 0 aliphatic rings. The van der Waals surface area contributed by atoms with E-state index in [-0.39, 0.29) is 18.7 Å². The van der Waals surface area contributed by atoms with Crippen LogP contribution in [0, 0.1) is 0 Å². The molecule has 3 N–H and O–H groups in total. The van der Waals surface area contributed by atoms with Crippen molar-refractivity contribution in [1.29, 1.82) is 0 Å². The van der Waals surface area contributed by atoms with Crippen LogP contribution in [0.4, 0.5) is 14.5 Å². The van der Waals surface area contributed by atoms with Gasteiger partial charge in [-0.1, -0.05) is 0 Å². The maximum Gasteiger partial charge on any atom is 0.255 e. The number of ether oxygens (including phenoxy) is 1. The number of carbonyl (C=O) groups is 1. The lowest BCUT2D eigenvalue weighted by Gasteiger charge is -2.21. The number of benzene rings is 1. The van der Waals surface area contributed by atoms with Gasteiger partial charge in [0, 0.05) is 12.1 Å². The van der Waals surface area contributed by atoms with Gasteiger partial charge < -0.3 is 20.5 Å². The lowest BCUT2D eigenvalue weighted by Crippen LogP contribution is -2.37. The Balaban J connectivity index is 2.95. The van der Waals surface area contributed by atoms with Gasteiger partial charge in [-0.05, 0) is 18.2 Å². The second-order valence-electron chi connectivity index (χ2n) is 3.82. The van der Waals surface area contributed by atoms with Crippen molar-refractivity contribution in [2.24, 2.45) is 0 Å². The first-order valence-electron chi connectivity index (χ1n) is 5.61. The Morgan fingerprint density at radius 2 is 2.21 bits per heavy atom. The molecule has 0 aliphatic heterocycles. The fourth-order valence-corrected chi connectivity index (χ4v) is 1.59. The van der Waals surface area contributed by atoms with Gasteiger partial charge in [0.2, 0.25) is 0 Å². The molecule has 0 aliphatic carbocycles. The number of aliphatic hydroxyl groups is 1. The fraction of sp³-hybridized carbons (Fsp3) is 0.417. The average molecular weight is 274 g/mol. The third kappa shape index (κ3) is 4.06. The molecule has 0 unspecified atom stereocenters. The molecule has 19 heavy (non-hydrogen) atoms. The number of nitrogen functional groups attached to an aromatic ring is 1. The quantitative estimate of drug-likeness (QED) is 0.758. The standard InChI is InChI=1S/C12H16F2N2O3/c1-19-10-6-8(2-3-9(10)15)12(18)16(4-5-17)7-11(13)14/h2-3,6,11,17H,4-5,7,15H2,1H3. The highest BCUT2D eigenvalue weighted by Gasteiger charge is 2.20. The fourth-order valence-electron chi connectivity index (χ4n) is 1.59. The summed E-state index contributed by atoms with van der Waals surface area (Å²) < 4.78 is 29.7. The molecule has 0 saturated heterocycles. The lowest BCUT2D eigenvalue weighted by atomic mass is 10.1. The molecule has 1 amide bonds. The van der Waals surface area contributed by atoms with Crippen LogP contribution < -0.4 is 10.5 Å². The third-order valence-corrected chi connectivity index (χ3v) is 2.50. The average Bonchev–Trinajstić information content (AvgIpc) is 2.37. The van der Waals surface area contributed by atoms with Crippen LogP contribution in [0.2, 0.25) is 0 Å². The van der Waals surface area contributed by atoms with Crippen molar-refractivity contribution in [1.82, 2.24) is 4.90 Å². The van der Waals surface area contributed by atoms with Gasteiger partial charge in [0.05, 0.1) is 25.9 Å². The normalized spacial score (nSPS) is 10.6. The van der Waals surface area contributed by atoms with E-state index < -0.39 is 18.9 Å². The molecule has 5 nitrogen and oxygen atoms in total. The Morgan fingerprint density at radius 1 is 1.53 bits per heavy atom. The second kappa shape index (κ2) is 6.89. The summed E-state index contributed by atoms with van der Waals surface area (Å²) in [4.78, 5) is 12.9. The summed E-state index contributed by atoms with van der Waals surface area (Å²) in [6, 6.07) is 4.27. The number of halogens is 2. The molecule has 0 spiro atoms. The molecule has 0 fully saturated rings. The van der Waals surface area contributed by atoms with Crippen LogP contribution >= 0.6 is 0 Å². The molecule has 0 radical (unpaired) electrons. The smallest absolute Gasteiger partial charge is 0.255 e. The number of nitrogens with zero attached hydrogens (tertiary/aromatic N) is 1. The number of aliphatic hydroxyl groups excluding tert-OH is 1. The lowest BCUT2D eigenvalue weighted by molar-refractivity contribution is 0.0509. The summed E-state index contributed by atoms with van der Waals surface area (Å²) in [6.45, 7) is -1.27. The van der Waals surface area contributed by atoms with Gasteiger partial charge in [-0.25, -0.2) is 8.78 Å². The third-order valence-electron chi connectivity index (χ3n) is 2.50. The highest BCUT2D eigenvalue weighted by atomic mass is 19.3. The van der Waals surface area contributed by atoms with Crippen molar-refractivity contribution in [2.75, 3.05) is 32.5 Å². The molecule has 1 aromatic rings. The second-order valence-corrected chi connectivity index (χ2v) is 3.82. The van der Waals surface area contributed by atoms with Crippen LogP contribution in [-0.2, 0) is 0 Å². The predicted molar refractivity (Wildman–Crippen MR) is 66.4 cm³/mol. The molecule has 0 atom stereocenters. The predicted octanol–water partition coefficient (Wildman–Crippen LogP) is 0.977. The molecular weight excluding hydrogens is 258 g/mol. The van der Waals surface area contributed by atoms with E-state index in [0.717, 1.165) is 4.90 Å². The maximum atomic E-state index is 12.4. The van der Waals surface area contributed by atoms with Gasteiger partial charge >= 0.3 is 0 Å². The van der Waals surface area contributed by atoms with Crippen molar-refractivity contribution in [3.63, 3.8) is 0 Å². The zero-order chi connectivity index (χ0) is 14.4. The van der Waals surface area contributed by atoms with E-state index in [0.29, 0.717) is 11.4 Å². The van der Waals surface area contributed by atoms with Gasteiger partial charge in [0.25, 0.3) is 12.3 Å². The van der Waals surface area contributed by atoms with Crippen LogP contribution in [-0.4, -0.2) is 49.1 Å². The number of alkyl halides is 2. The van der Waals surface area contributed by atoms with Crippen LogP contribution in [0.15, 0.2) is 18.2 Å². The van der Waals surface area contributed by atoms with E-state index in [9.17, 15) is 13.6 Å². The van der Waals surface area contributed by atoms with Gasteiger partial charge in [-0.2, -0.15) is 0 Å². The van der Waals surface area contributed by atoms with Crippen LogP contribution in [0.25, 0.3) is 0 Å². The van der Waals surface area contributed by atoms with Crippen molar-refractivity contribution >= 4 is 11.6 Å². The first kappa shape index (κ1) is 15.2. The van der Waals surface area contributed by atoms with E-state index in [1.165, 1.54) is 25.3 Å². The minimum absolute atomic E-state index is 0.157. The van der Waals surface area contributed by atoms with E-state index in [1.807, 2.05) is 0 Å². The Bertz CT molecular complexity index is 441. The summed E-state index contributed by atoms with van der Waals surface area (Å²) in [5.41, 5.74) is 6.14. The largest absolute Gasteiger partial charge is 0.495 e. The van der Waals surface area contributed by atoms with E-state index in [4.69, 9.17) is 15.6 Å². The monoisotopic (exact) mass is 274 g/mol. The summed E-state index contributed by atoms with van der Waals surface area (Å²) in [6.07, 6.45) is -2.66. The Morgan fingerprint density at radius 3 is 2.74 bits per heavy atom. The van der Waals surface area contributed by atoms with Gasteiger partial charge in [-0.15, -0.1) is 0 Å². The van der Waals surface area contributed by atoms with Gasteiger partial charge in [-0.3, -0.25) is 4.79 Å². The Hall–Kier alpha value is -1.89. The Labute approximate surface area is 109 Å². The first-order valence-corrected chi connectivity index (χ1v) is 5.61. The molecule has 0 bridgehead atoms. The van der Waals surface area contributed by atoms with E-state index >= 15 is 0 Å². The zero-order valence-electron chi connectivity index (χ0n) is 10.5. The van der Waals surface area contributed by atoms with Crippen molar-refractivity contribution < 1.29 is 23.4 Å². The number of rotatable bonds is 6. The number of nitrogens with two attached hydrogens (primary N) is 1. The highest BCUT2D eigenvalue weighted by molar-refractivity contribution is 5.95. The van der Waals surface area contributed by atoms with Crippen LogP contribution in [0.5, 0.6) is 5.75 Å². The number of carbonyl (C=O) groups excluding carboxylic acids is 1. The van der Waals surface area contributed by atoms with E-state index in [1.54, 1.807) is 0 Å². The molecule has 106 valence electrons. The SMILES string of the molecule is COc1cc(C(=O)N(CCO)CC(F)F)ccc1N. The molecule has 7 heteroatoms. The van der Waals surface area contributed by atoms with Crippen molar-refractivity contribution in [3.05, 3.63) is 23.8 Å². The maximum absolute atomic E-state index is 12.4. The molecular formula is C12H16F2N2O3. The molecule has 0 heterocycles. The zero-order valence-corrected chi connectivity index (χ0v) is 10.5. The summed E-state index contributed by atoms with van der Waals surface area (Å²) in [5, 5.41) is 8.81. The topological polar surface area (TPSA) is 75.8 Å². The number of hydrogen-bond donors (Lipinski definition) is 2. The number of amides is 1. The van der Waals surface area contributed by atoms with E-state index in [2.05, 4.69) is 0 Å². The molecule has 0 aromatic heterocycles. The van der Waals surface area contributed by atoms with Crippen molar-refractivity contribution in [2.45, 2.75) is 6.43 Å². The summed E-state index contributed by atoms with van der Waals surface area (Å²) in [7, 11) is 1.39. The first-order chi connectivity index (χ1) is 8.99. The van der Waals surface area contributed by atoms with Crippen LogP contribution in [0.1, 0.15) is 10.4 Å². The number of methoxy groups -OCH3 is 1. The molecule has 1 aromatic carbocycles. The van der Waals surface area contributed by atoms with Crippen LogP contribution in [0.3, 0.4) is 0 Å². The minimum atomic E-state index is -2.66. The number of anilines is 1. The summed E-state index contributed by atoms with van der Waals surface area (Å²) >= 11 is 0. The summed E-state index contributed by atoms with van der Waals surface area (Å²) in [5.74, 6) is -0.306. The Kier molecular flexibility index (Phi) is 5.50. The van der Waals surface area contributed by atoms with Crippen molar-refractivity contribution in [3.8, 4) is 5.75 Å². The minimum Gasteiger partial charge on any atom is -0.495 e. The molecule has 1 rings (SSSR count). The van der Waals surface area contributed by atoms with Gasteiger partial charge in [0.1, 0.15) is 5.75 Å². The highest BCUT2D eigenvalue weighted by Crippen LogP contribution is 2.23. The van der Waals surface area contributed by atoms with Gasteiger partial charge in [0.15, 0.2) is 0 Å².